The van der Waals surface area contributed by atoms with Crippen molar-refractivity contribution in [1.82, 2.24) is 14.8 Å². The Kier molecular flexibility index (Phi) is 4.01. The van der Waals surface area contributed by atoms with Crippen LogP contribution in [-0.2, 0) is 12.0 Å². The summed E-state index contributed by atoms with van der Waals surface area (Å²) in [4.78, 5) is 5.02. The predicted octanol–water partition coefficient (Wildman–Crippen LogP) is 5.20. The maximum atomic E-state index is 9.75. The van der Waals surface area contributed by atoms with Crippen LogP contribution in [0.25, 0.3) is 11.6 Å². The lowest BCUT2D eigenvalue weighted by atomic mass is 9.49. The number of hydrogen-bond acceptors (Lipinski definition) is 4. The van der Waals surface area contributed by atoms with E-state index in [1.807, 2.05) is 23.9 Å². The third-order valence-corrected chi connectivity index (χ3v) is 7.90. The molecule has 2 aromatic rings. The summed E-state index contributed by atoms with van der Waals surface area (Å²) in [5.41, 5.74) is 4.17. The fraction of sp³-hybridized carbons (Fsp3) is 0.591. The maximum absolute atomic E-state index is 9.75. The molecule has 0 N–H and O–H groups in total. The van der Waals surface area contributed by atoms with E-state index in [2.05, 4.69) is 23.5 Å². The average Bonchev–Trinajstić information content (AvgIpc) is 3.26. The first-order valence-electron chi connectivity index (χ1n) is 10.2. The number of aryl methyl sites for hydroxylation is 2. The smallest absolute Gasteiger partial charge is 0.134 e. The van der Waals surface area contributed by atoms with Crippen LogP contribution < -0.4 is 0 Å². The minimum Gasteiger partial charge on any atom is -0.272 e. The molecule has 27 heavy (non-hydrogen) atoms. The van der Waals surface area contributed by atoms with Crippen LogP contribution in [0.1, 0.15) is 67.4 Å². The molecule has 2 aromatic heterocycles. The van der Waals surface area contributed by atoms with Crippen LogP contribution in [0, 0.1) is 36.0 Å². The molecule has 4 fully saturated rings. The van der Waals surface area contributed by atoms with Gasteiger partial charge in [-0.3, -0.25) is 4.68 Å². The van der Waals surface area contributed by atoms with E-state index >= 15 is 0 Å². The highest BCUT2D eigenvalue weighted by atomic mass is 32.1. The Bertz CT molecular complexity index is 907. The number of allylic oxidation sites excluding steroid dienone is 1. The van der Waals surface area contributed by atoms with Gasteiger partial charge in [0.15, 0.2) is 0 Å². The largest absolute Gasteiger partial charge is 0.272 e. The van der Waals surface area contributed by atoms with Gasteiger partial charge < -0.3 is 0 Å². The molecule has 4 aliphatic rings. The molecule has 0 aromatic carbocycles. The monoisotopic (exact) mass is 378 g/mol. The Labute approximate surface area is 164 Å². The number of hydrogen-bond donors (Lipinski definition) is 0. The molecule has 0 atom stereocenters. The van der Waals surface area contributed by atoms with Crippen LogP contribution in [0.5, 0.6) is 0 Å². The minimum absolute atomic E-state index is 0.295. The van der Waals surface area contributed by atoms with Crippen molar-refractivity contribution in [2.45, 2.75) is 64.3 Å². The molecule has 0 spiro atoms. The van der Waals surface area contributed by atoms with Gasteiger partial charge in [0.2, 0.25) is 0 Å². The van der Waals surface area contributed by atoms with E-state index in [1.165, 1.54) is 44.2 Å². The second-order valence-corrected chi connectivity index (χ2v) is 9.82. The van der Waals surface area contributed by atoms with Crippen molar-refractivity contribution in [3.8, 4) is 6.07 Å². The second-order valence-electron chi connectivity index (χ2n) is 8.96. The Morgan fingerprint density at radius 3 is 2.52 bits per heavy atom. The summed E-state index contributed by atoms with van der Waals surface area (Å²) in [6.07, 6.45) is 12.2. The van der Waals surface area contributed by atoms with Gasteiger partial charge in [-0.2, -0.15) is 10.4 Å². The van der Waals surface area contributed by atoms with Gasteiger partial charge in [-0.05, 0) is 81.8 Å². The van der Waals surface area contributed by atoms with Crippen molar-refractivity contribution >= 4 is 23.0 Å². The zero-order chi connectivity index (χ0) is 18.6. The Morgan fingerprint density at radius 1 is 1.30 bits per heavy atom. The summed E-state index contributed by atoms with van der Waals surface area (Å²) < 4.78 is 1.92. The Balaban J connectivity index is 1.47. The number of rotatable bonds is 4. The van der Waals surface area contributed by atoms with Crippen molar-refractivity contribution in [3.05, 3.63) is 33.5 Å². The fourth-order valence-electron chi connectivity index (χ4n) is 6.18. The standard InChI is InChI=1S/C22H26N4S/c1-3-26-12-14(2)19(25-26)7-18(11-23)21-24-20(13-27-21)22-8-15-4-16(9-22)6-17(5-15)10-22/h7,12-13,15-17H,3-6,8-10H2,1-2H3. The highest BCUT2D eigenvalue weighted by molar-refractivity contribution is 7.11. The Morgan fingerprint density at radius 2 is 1.96 bits per heavy atom. The van der Waals surface area contributed by atoms with Gasteiger partial charge in [0.1, 0.15) is 11.1 Å². The van der Waals surface area contributed by atoms with Crippen molar-refractivity contribution in [3.63, 3.8) is 0 Å². The van der Waals surface area contributed by atoms with Crippen molar-refractivity contribution < 1.29 is 0 Å². The van der Waals surface area contributed by atoms with Crippen LogP contribution in [0.15, 0.2) is 11.6 Å². The lowest BCUT2D eigenvalue weighted by Gasteiger charge is -2.56. The molecular formula is C22H26N4S. The van der Waals surface area contributed by atoms with Crippen LogP contribution in [0.4, 0.5) is 0 Å². The molecular weight excluding hydrogens is 352 g/mol. The number of thiazole rings is 1. The third-order valence-electron chi connectivity index (χ3n) is 7.02. The van der Waals surface area contributed by atoms with Crippen LogP contribution in [0.2, 0.25) is 0 Å². The number of nitrogens with zero attached hydrogens (tertiary/aromatic N) is 4. The molecule has 5 heteroatoms. The van der Waals surface area contributed by atoms with Gasteiger partial charge in [-0.15, -0.1) is 11.3 Å². The van der Waals surface area contributed by atoms with Crippen molar-refractivity contribution in [2.75, 3.05) is 0 Å². The van der Waals surface area contributed by atoms with E-state index in [0.717, 1.165) is 40.6 Å². The fourth-order valence-corrected chi connectivity index (χ4v) is 7.09. The van der Waals surface area contributed by atoms with E-state index in [4.69, 9.17) is 4.98 Å². The molecule has 4 aliphatic carbocycles. The van der Waals surface area contributed by atoms with Gasteiger partial charge >= 0.3 is 0 Å². The normalized spacial score (nSPS) is 32.0. The summed E-state index contributed by atoms with van der Waals surface area (Å²) in [5.74, 6) is 2.73. The Hall–Kier alpha value is -1.93. The van der Waals surface area contributed by atoms with Crippen LogP contribution in [0.3, 0.4) is 0 Å². The lowest BCUT2D eigenvalue weighted by Crippen LogP contribution is -2.48. The van der Waals surface area contributed by atoms with Crippen molar-refractivity contribution in [1.29, 1.82) is 5.26 Å². The molecule has 2 heterocycles. The highest BCUT2D eigenvalue weighted by Crippen LogP contribution is 2.60. The molecule has 140 valence electrons. The van der Waals surface area contributed by atoms with E-state index in [0.29, 0.717) is 11.0 Å². The molecule has 0 aliphatic heterocycles. The quantitative estimate of drug-likeness (QED) is 0.687. The molecule has 4 bridgehead atoms. The third kappa shape index (κ3) is 2.86. The van der Waals surface area contributed by atoms with E-state index in [1.54, 1.807) is 11.3 Å². The topological polar surface area (TPSA) is 54.5 Å². The van der Waals surface area contributed by atoms with Crippen LogP contribution >= 0.6 is 11.3 Å². The maximum Gasteiger partial charge on any atom is 0.134 e. The molecule has 6 rings (SSSR count). The van der Waals surface area contributed by atoms with Gasteiger partial charge in [-0.1, -0.05) is 0 Å². The van der Waals surface area contributed by atoms with Crippen LogP contribution in [-0.4, -0.2) is 14.8 Å². The van der Waals surface area contributed by atoms with Gasteiger partial charge in [-0.25, -0.2) is 4.98 Å². The average molecular weight is 379 g/mol. The zero-order valence-corrected chi connectivity index (χ0v) is 16.9. The zero-order valence-electron chi connectivity index (χ0n) is 16.1. The molecule has 4 nitrogen and oxygen atoms in total. The predicted molar refractivity (Wildman–Crippen MR) is 108 cm³/mol. The van der Waals surface area contributed by atoms with Gasteiger partial charge in [0, 0.05) is 23.5 Å². The molecule has 0 unspecified atom stereocenters. The first-order chi connectivity index (χ1) is 13.1. The second kappa shape index (κ2) is 6.31. The molecule has 0 amide bonds. The van der Waals surface area contributed by atoms with Crippen molar-refractivity contribution in [2.24, 2.45) is 17.8 Å². The molecule has 0 radical (unpaired) electrons. The molecule has 4 saturated carbocycles. The highest BCUT2D eigenvalue weighted by Gasteiger charge is 2.52. The van der Waals surface area contributed by atoms with E-state index < -0.39 is 0 Å². The van der Waals surface area contributed by atoms with Gasteiger partial charge in [0.05, 0.1) is 17.0 Å². The minimum atomic E-state index is 0.295. The van der Waals surface area contributed by atoms with E-state index in [9.17, 15) is 5.26 Å². The first-order valence-corrected chi connectivity index (χ1v) is 11.1. The number of aromatic nitrogens is 3. The summed E-state index contributed by atoms with van der Waals surface area (Å²) >= 11 is 1.63. The SMILES string of the molecule is CCn1cc(C)c(C=C(C#N)c2nc(C34CC5CC(CC(C5)C3)C4)cs2)n1. The summed E-state index contributed by atoms with van der Waals surface area (Å²) in [6.45, 7) is 4.95. The number of nitriles is 1. The van der Waals surface area contributed by atoms with Gasteiger partial charge in [0.25, 0.3) is 0 Å². The van der Waals surface area contributed by atoms with E-state index in [-0.39, 0.29) is 0 Å². The summed E-state index contributed by atoms with van der Waals surface area (Å²) in [7, 11) is 0. The summed E-state index contributed by atoms with van der Waals surface area (Å²) in [6, 6.07) is 2.37. The first kappa shape index (κ1) is 17.2. The lowest BCUT2D eigenvalue weighted by molar-refractivity contribution is -0.00694. The molecule has 0 saturated heterocycles. The summed E-state index contributed by atoms with van der Waals surface area (Å²) in [5, 5.41) is 17.4.